The molecule has 38 heavy (non-hydrogen) atoms. The van der Waals surface area contributed by atoms with Crippen LogP contribution in [0.4, 0.5) is 24.0 Å². The molecule has 0 aliphatic carbocycles. The Labute approximate surface area is 243 Å². The van der Waals surface area contributed by atoms with E-state index >= 15 is 0 Å². The summed E-state index contributed by atoms with van der Waals surface area (Å²) in [5.41, 5.74) is 2.87. The Kier molecular flexibility index (Phi) is 12.7. The molecular formula is C30H36F3N2S2Sb. The van der Waals surface area contributed by atoms with Gasteiger partial charge in [0.05, 0.1) is 0 Å². The molecule has 0 amide bonds. The Morgan fingerprint density at radius 3 is 2.16 bits per heavy atom. The number of nitrogens with one attached hydrogen (secondary N) is 1. The van der Waals surface area contributed by atoms with E-state index in [0.29, 0.717) is 16.4 Å². The van der Waals surface area contributed by atoms with Crippen LogP contribution in [-0.4, -0.2) is 30.1 Å². The number of hydrogen-bond donors (Lipinski definition) is 1. The fraction of sp³-hybridized carbons (Fsp3) is 0.333. The Balaban J connectivity index is 0.00000121. The van der Waals surface area contributed by atoms with E-state index in [-0.39, 0.29) is 11.5 Å². The third-order valence-corrected chi connectivity index (χ3v) is 9.70. The molecule has 2 aromatic heterocycles. The zero-order valence-electron chi connectivity index (χ0n) is 23.2. The van der Waals surface area contributed by atoms with Crippen molar-refractivity contribution in [2.75, 3.05) is 5.32 Å². The van der Waals surface area contributed by atoms with E-state index in [1.54, 1.807) is 17.4 Å². The summed E-state index contributed by atoms with van der Waals surface area (Å²) in [7, 11) is 0. The minimum atomic E-state index is -4.39. The van der Waals surface area contributed by atoms with Crippen molar-refractivity contribution in [2.45, 2.75) is 65.4 Å². The van der Waals surface area contributed by atoms with Crippen LogP contribution in [0.5, 0.6) is 0 Å². The Hall–Kier alpha value is -1.95. The molecular weight excluding hydrogens is 631 g/mol. The van der Waals surface area contributed by atoms with E-state index < -0.39 is 32.9 Å². The van der Waals surface area contributed by atoms with Gasteiger partial charge in [-0.15, -0.1) is 0 Å². The number of alkyl halides is 3. The average Bonchev–Trinajstić information content (AvgIpc) is 3.52. The molecule has 0 saturated carbocycles. The van der Waals surface area contributed by atoms with Crippen LogP contribution in [0.25, 0.3) is 21.7 Å². The number of thiazole rings is 1. The zero-order valence-corrected chi connectivity index (χ0v) is 27.4. The van der Waals surface area contributed by atoms with Crippen molar-refractivity contribution >= 4 is 58.6 Å². The van der Waals surface area contributed by atoms with E-state index in [2.05, 4.69) is 32.3 Å². The number of nitrogens with zero attached hydrogens (tertiary/aromatic N) is 1. The normalized spacial score (nSPS) is 11.2. The molecule has 0 saturated heterocycles. The maximum atomic E-state index is 13.5. The Bertz CT molecular complexity index is 1320. The molecule has 0 fully saturated rings. The fourth-order valence-corrected chi connectivity index (χ4v) is 7.80. The van der Waals surface area contributed by atoms with Gasteiger partial charge in [-0.05, 0) is 0 Å². The van der Waals surface area contributed by atoms with E-state index in [9.17, 15) is 13.2 Å². The number of aryl methyl sites for hydroxylation is 1. The molecule has 0 aliphatic heterocycles. The number of aromatic nitrogens is 1. The molecule has 1 N–H and O–H groups in total. The predicted molar refractivity (Wildman–Crippen MR) is 164 cm³/mol. The van der Waals surface area contributed by atoms with Crippen LogP contribution >= 0.6 is 22.7 Å². The first-order chi connectivity index (χ1) is 18.2. The van der Waals surface area contributed by atoms with Gasteiger partial charge >= 0.3 is 217 Å². The summed E-state index contributed by atoms with van der Waals surface area (Å²) in [6.45, 7) is 13.6. The van der Waals surface area contributed by atoms with Gasteiger partial charge in [0.15, 0.2) is 0 Å². The van der Waals surface area contributed by atoms with Crippen LogP contribution in [0.1, 0.15) is 68.3 Å². The maximum absolute atomic E-state index is 13.5. The molecule has 8 heteroatoms. The summed E-state index contributed by atoms with van der Waals surface area (Å²) in [4.78, 5) is 10.4. The van der Waals surface area contributed by atoms with Crippen molar-refractivity contribution in [1.82, 2.24) is 4.98 Å². The summed E-state index contributed by atoms with van der Waals surface area (Å²) in [5.74, 6) is 0.135. The molecule has 0 radical (unpaired) electrons. The molecule has 2 aromatic carbocycles. The number of hydrogen-bond acceptors (Lipinski definition) is 4. The van der Waals surface area contributed by atoms with Crippen LogP contribution in [0.3, 0.4) is 0 Å². The molecule has 0 unspecified atom stereocenters. The van der Waals surface area contributed by atoms with Crippen molar-refractivity contribution in [1.29, 1.82) is 0 Å². The van der Waals surface area contributed by atoms with E-state index in [4.69, 9.17) is 4.98 Å². The number of thiophene rings is 1. The third kappa shape index (κ3) is 8.03. The van der Waals surface area contributed by atoms with Crippen molar-refractivity contribution in [2.24, 2.45) is 0 Å². The summed E-state index contributed by atoms with van der Waals surface area (Å²) < 4.78 is 42.9. The summed E-state index contributed by atoms with van der Waals surface area (Å²) >= 11 is 2.84. The quantitative estimate of drug-likeness (QED) is 0.207. The molecule has 4 rings (SSSR count). The second-order valence-corrected chi connectivity index (χ2v) is 12.5. The summed E-state index contributed by atoms with van der Waals surface area (Å²) in [5, 5.41) is 4.17. The van der Waals surface area contributed by atoms with Gasteiger partial charge in [-0.1, -0.05) is 27.7 Å². The molecule has 4 aromatic rings. The van der Waals surface area contributed by atoms with Gasteiger partial charge in [0.2, 0.25) is 0 Å². The molecule has 204 valence electrons. The van der Waals surface area contributed by atoms with E-state index in [1.807, 2.05) is 59.7 Å². The van der Waals surface area contributed by atoms with Crippen LogP contribution < -0.4 is 5.32 Å². The van der Waals surface area contributed by atoms with Gasteiger partial charge in [0, 0.05) is 0 Å². The molecule has 2 heterocycles. The average molecular weight is 668 g/mol. The first-order valence-corrected chi connectivity index (χ1v) is 18.4. The van der Waals surface area contributed by atoms with Crippen LogP contribution in [0.2, 0.25) is 4.87 Å². The summed E-state index contributed by atoms with van der Waals surface area (Å²) in [6, 6.07) is 16.9. The molecule has 0 bridgehead atoms. The first-order valence-electron chi connectivity index (χ1n) is 12.7. The Morgan fingerprint density at radius 1 is 0.921 bits per heavy atom. The van der Waals surface area contributed by atoms with Gasteiger partial charge in [-0.2, -0.15) is 0 Å². The topological polar surface area (TPSA) is 24.9 Å². The molecule has 0 aliphatic rings. The van der Waals surface area contributed by atoms with Gasteiger partial charge in [-0.25, -0.2) is 0 Å². The third-order valence-electron chi connectivity index (χ3n) is 5.30. The van der Waals surface area contributed by atoms with Gasteiger partial charge in [-0.3, -0.25) is 0 Å². The second kappa shape index (κ2) is 15.0. The monoisotopic (exact) mass is 666 g/mol. The number of benzene rings is 2. The van der Waals surface area contributed by atoms with Crippen molar-refractivity contribution in [3.05, 3.63) is 75.5 Å². The molecule has 0 spiro atoms. The number of anilines is 2. The van der Waals surface area contributed by atoms with Gasteiger partial charge < -0.3 is 0 Å². The van der Waals surface area contributed by atoms with Crippen LogP contribution in [-0.2, 0) is 6.18 Å². The standard InChI is InChI=1S/C25H21F3N2S2.2C2H6.CH3.Sb/c1-14(2)23-22(18-11-10-15(3)19(12-18)25(26,27)28)30-24(32-23)29-20-13-21(31-16(20)4)17-8-6-5-7-9-17;2*1-2;;/h4-14H,1-3H3,(H,29,30);2*1-2H3;1H3;. The van der Waals surface area contributed by atoms with Crippen LogP contribution in [0, 0.1) is 6.92 Å². The van der Waals surface area contributed by atoms with Crippen molar-refractivity contribution in [3.63, 3.8) is 0 Å². The molecule has 2 nitrogen and oxygen atoms in total. The summed E-state index contributed by atoms with van der Waals surface area (Å²) in [6.07, 6.45) is -4.39. The molecule has 0 atom stereocenters. The Morgan fingerprint density at radius 2 is 1.58 bits per heavy atom. The van der Waals surface area contributed by atoms with Gasteiger partial charge in [0.1, 0.15) is 0 Å². The predicted octanol–water partition coefficient (Wildman–Crippen LogP) is 10.7. The van der Waals surface area contributed by atoms with Crippen LogP contribution in [0.15, 0.2) is 54.6 Å². The van der Waals surface area contributed by atoms with Crippen molar-refractivity contribution in [3.8, 4) is 21.7 Å². The number of halogens is 3. The SMILES string of the molecule is CC.CC.[CH3][Sb]=[CH]c1sc(-c2ccccc2)cc1Nc1nc(-c2ccc(C)c(C(F)(F)F)c2)c(C(C)C)s1. The number of rotatable bonds is 6. The van der Waals surface area contributed by atoms with E-state index in [1.165, 1.54) is 40.1 Å². The minimum absolute atomic E-state index is 0.135. The van der Waals surface area contributed by atoms with E-state index in [0.717, 1.165) is 16.1 Å². The first kappa shape index (κ1) is 32.3. The van der Waals surface area contributed by atoms with Gasteiger partial charge in [0.25, 0.3) is 0 Å². The fourth-order valence-electron chi connectivity index (χ4n) is 3.63. The van der Waals surface area contributed by atoms with Crippen molar-refractivity contribution < 1.29 is 13.2 Å². The zero-order chi connectivity index (χ0) is 28.5. The second-order valence-electron chi connectivity index (χ2n) is 8.18.